The Hall–Kier alpha value is -1.15. The second-order valence-electron chi connectivity index (χ2n) is 5.19. The van der Waals surface area contributed by atoms with Gasteiger partial charge in [0.25, 0.3) is 0 Å². The first kappa shape index (κ1) is 16.2. The average Bonchev–Trinajstić information content (AvgIpc) is 2.36. The number of carbonyl (C=O) groups is 1. The third kappa shape index (κ3) is 3.06. The number of hydrogen-bond acceptors (Lipinski definition) is 4. The Bertz CT molecular complexity index is 667. The number of sulfonamides is 1. The normalized spacial score (nSPS) is 18.2. The number of aromatic carboxylic acids is 1. The molecule has 1 heterocycles. The maximum absolute atomic E-state index is 12.4. The van der Waals surface area contributed by atoms with Gasteiger partial charge in [-0.15, -0.1) is 0 Å². The molecule has 0 radical (unpaired) electrons. The molecular formula is C13H16ClNO5S. The van der Waals surface area contributed by atoms with E-state index in [1.807, 2.05) is 6.92 Å². The second-order valence-corrected chi connectivity index (χ2v) is 7.54. The molecule has 8 heteroatoms. The van der Waals surface area contributed by atoms with E-state index in [9.17, 15) is 18.3 Å². The van der Waals surface area contributed by atoms with Crippen LogP contribution < -0.4 is 0 Å². The van der Waals surface area contributed by atoms with Gasteiger partial charge < -0.3 is 10.2 Å². The summed E-state index contributed by atoms with van der Waals surface area (Å²) in [6.45, 7) is 1.95. The van der Waals surface area contributed by atoms with Gasteiger partial charge >= 0.3 is 5.97 Å². The van der Waals surface area contributed by atoms with Crippen molar-refractivity contribution in [3.8, 4) is 0 Å². The molecule has 2 rings (SSSR count). The van der Waals surface area contributed by atoms with Crippen LogP contribution in [0.1, 0.15) is 30.1 Å². The van der Waals surface area contributed by atoms with Crippen molar-refractivity contribution >= 4 is 27.6 Å². The first-order chi connectivity index (χ1) is 9.69. The molecule has 1 aliphatic rings. The highest BCUT2D eigenvalue weighted by Crippen LogP contribution is 2.32. The van der Waals surface area contributed by atoms with Gasteiger partial charge in [0, 0.05) is 13.1 Å². The van der Waals surface area contributed by atoms with E-state index in [4.69, 9.17) is 16.7 Å². The number of carboxylic acids is 1. The molecule has 0 bridgehead atoms. The molecule has 0 unspecified atom stereocenters. The van der Waals surface area contributed by atoms with Crippen molar-refractivity contribution in [2.24, 2.45) is 0 Å². The minimum absolute atomic E-state index is 0.0208. The molecule has 1 aromatic rings. The van der Waals surface area contributed by atoms with E-state index < -0.39 is 21.6 Å². The van der Waals surface area contributed by atoms with Gasteiger partial charge in [0.15, 0.2) is 0 Å². The van der Waals surface area contributed by atoms with Gasteiger partial charge in [-0.3, -0.25) is 0 Å². The smallest absolute Gasteiger partial charge is 0.337 e. The molecule has 0 amide bonds. The maximum Gasteiger partial charge on any atom is 0.337 e. The summed E-state index contributed by atoms with van der Waals surface area (Å²) >= 11 is 5.73. The number of carboxylic acid groups (broad SMARTS) is 1. The Morgan fingerprint density at radius 1 is 1.43 bits per heavy atom. The van der Waals surface area contributed by atoms with Crippen molar-refractivity contribution in [2.75, 3.05) is 13.1 Å². The Morgan fingerprint density at radius 3 is 2.57 bits per heavy atom. The molecule has 0 saturated carbocycles. The monoisotopic (exact) mass is 333 g/mol. The van der Waals surface area contributed by atoms with Crippen LogP contribution in [0.25, 0.3) is 0 Å². The summed E-state index contributed by atoms with van der Waals surface area (Å²) in [6, 6.07) is 3.55. The summed E-state index contributed by atoms with van der Waals surface area (Å²) < 4.78 is 25.9. The van der Waals surface area contributed by atoms with Crippen molar-refractivity contribution in [3.05, 3.63) is 28.8 Å². The van der Waals surface area contributed by atoms with Crippen LogP contribution in [-0.2, 0) is 10.0 Å². The fraction of sp³-hybridized carbons (Fsp3) is 0.462. The molecule has 2 N–H and O–H groups in total. The average molecular weight is 334 g/mol. The fourth-order valence-corrected chi connectivity index (χ4v) is 4.21. The molecular weight excluding hydrogens is 318 g/mol. The predicted molar refractivity (Wildman–Crippen MR) is 77.0 cm³/mol. The number of nitrogens with zero attached hydrogens (tertiary/aromatic N) is 1. The largest absolute Gasteiger partial charge is 0.478 e. The van der Waals surface area contributed by atoms with E-state index in [-0.39, 0.29) is 28.6 Å². The van der Waals surface area contributed by atoms with Crippen LogP contribution in [0.2, 0.25) is 5.02 Å². The zero-order valence-corrected chi connectivity index (χ0v) is 13.0. The maximum atomic E-state index is 12.4. The number of benzene rings is 1. The number of hydrogen-bond donors (Lipinski definition) is 2. The Kier molecular flexibility index (Phi) is 4.30. The molecule has 0 aromatic heterocycles. The van der Waals surface area contributed by atoms with Gasteiger partial charge in [0.1, 0.15) is 0 Å². The molecule has 1 aromatic carbocycles. The van der Waals surface area contributed by atoms with Crippen LogP contribution in [0.15, 0.2) is 23.1 Å². The van der Waals surface area contributed by atoms with Crippen LogP contribution in [0.4, 0.5) is 0 Å². The summed E-state index contributed by atoms with van der Waals surface area (Å²) in [4.78, 5) is 10.9. The Balaban J connectivity index is 2.26. The zero-order valence-electron chi connectivity index (χ0n) is 11.4. The van der Waals surface area contributed by atoms with E-state index in [0.29, 0.717) is 6.42 Å². The summed E-state index contributed by atoms with van der Waals surface area (Å²) in [5, 5.41) is 19.0. The number of β-amino-alcohol motifs (C(OH)–C–C–N with tert-alkyl or cyclic N) is 1. The van der Waals surface area contributed by atoms with Gasteiger partial charge in [-0.1, -0.05) is 24.9 Å². The van der Waals surface area contributed by atoms with E-state index in [0.717, 1.165) is 16.8 Å². The standard InChI is InChI=1S/C13H16ClNO5S/c1-2-5-13(18)7-15(8-13)21(19,20)9-3-4-11(14)10(6-9)12(16)17/h3-4,6,18H,2,5,7-8H2,1H3,(H,16,17). The second kappa shape index (κ2) is 5.57. The van der Waals surface area contributed by atoms with Gasteiger partial charge in [-0.25, -0.2) is 13.2 Å². The van der Waals surface area contributed by atoms with Crippen molar-refractivity contribution in [1.82, 2.24) is 4.31 Å². The summed E-state index contributed by atoms with van der Waals surface area (Å²) in [5.41, 5.74) is -1.24. The van der Waals surface area contributed by atoms with Crippen molar-refractivity contribution in [1.29, 1.82) is 0 Å². The third-order valence-corrected chi connectivity index (χ3v) is 5.58. The van der Waals surface area contributed by atoms with Crippen LogP contribution in [0, 0.1) is 0 Å². The van der Waals surface area contributed by atoms with Crippen LogP contribution in [0.5, 0.6) is 0 Å². The molecule has 0 atom stereocenters. The molecule has 0 aliphatic carbocycles. The van der Waals surface area contributed by atoms with Gasteiger partial charge in [-0.2, -0.15) is 4.31 Å². The fourth-order valence-electron chi connectivity index (χ4n) is 2.38. The lowest BCUT2D eigenvalue weighted by atomic mass is 9.92. The summed E-state index contributed by atoms with van der Waals surface area (Å²) in [5.74, 6) is -1.29. The SMILES string of the molecule is CCCC1(O)CN(S(=O)(=O)c2ccc(Cl)c(C(=O)O)c2)C1. The lowest BCUT2D eigenvalue weighted by Crippen LogP contribution is -2.63. The topological polar surface area (TPSA) is 94.9 Å². The molecule has 1 aliphatic heterocycles. The molecule has 1 fully saturated rings. The molecule has 0 spiro atoms. The van der Waals surface area contributed by atoms with E-state index in [2.05, 4.69) is 0 Å². The quantitative estimate of drug-likeness (QED) is 0.853. The van der Waals surface area contributed by atoms with Gasteiger partial charge in [-0.05, 0) is 24.6 Å². The lowest BCUT2D eigenvalue weighted by Gasteiger charge is -2.45. The number of rotatable bonds is 5. The molecule has 1 saturated heterocycles. The van der Waals surface area contributed by atoms with E-state index in [1.54, 1.807) is 0 Å². The first-order valence-electron chi connectivity index (χ1n) is 6.45. The minimum Gasteiger partial charge on any atom is -0.478 e. The van der Waals surface area contributed by atoms with Crippen LogP contribution >= 0.6 is 11.6 Å². The highest BCUT2D eigenvalue weighted by atomic mass is 35.5. The first-order valence-corrected chi connectivity index (χ1v) is 8.27. The molecule has 6 nitrogen and oxygen atoms in total. The highest BCUT2D eigenvalue weighted by molar-refractivity contribution is 7.89. The molecule has 116 valence electrons. The Labute approximate surface area is 128 Å². The lowest BCUT2D eigenvalue weighted by molar-refractivity contribution is -0.0653. The number of halogens is 1. The third-order valence-electron chi connectivity index (χ3n) is 3.46. The molecule has 21 heavy (non-hydrogen) atoms. The van der Waals surface area contributed by atoms with Crippen molar-refractivity contribution in [3.63, 3.8) is 0 Å². The Morgan fingerprint density at radius 2 is 2.05 bits per heavy atom. The highest BCUT2D eigenvalue weighted by Gasteiger charge is 2.46. The van der Waals surface area contributed by atoms with Crippen LogP contribution in [0.3, 0.4) is 0 Å². The minimum atomic E-state index is -3.81. The van der Waals surface area contributed by atoms with E-state index >= 15 is 0 Å². The summed E-state index contributed by atoms with van der Waals surface area (Å²) in [6.07, 6.45) is 1.29. The van der Waals surface area contributed by atoms with Gasteiger partial charge in [0.2, 0.25) is 10.0 Å². The van der Waals surface area contributed by atoms with Gasteiger partial charge in [0.05, 0.1) is 21.1 Å². The van der Waals surface area contributed by atoms with Crippen molar-refractivity contribution in [2.45, 2.75) is 30.3 Å². The summed E-state index contributed by atoms with van der Waals surface area (Å²) in [7, 11) is -3.81. The zero-order chi connectivity index (χ0) is 15.8. The number of aliphatic hydroxyl groups is 1. The van der Waals surface area contributed by atoms with E-state index in [1.165, 1.54) is 12.1 Å². The van der Waals surface area contributed by atoms with Crippen molar-refractivity contribution < 1.29 is 23.4 Å². The van der Waals surface area contributed by atoms with Crippen LogP contribution in [-0.4, -0.2) is 47.6 Å². The predicted octanol–water partition coefficient (Wildman–Crippen LogP) is 1.57.